The Labute approximate surface area is 90.3 Å². The number of nitrogens with one attached hydrogen (secondary N) is 1. The van der Waals surface area contributed by atoms with Crippen LogP contribution in [0.5, 0.6) is 0 Å². The van der Waals surface area contributed by atoms with Gasteiger partial charge in [0, 0.05) is 16.6 Å². The molecule has 0 radical (unpaired) electrons. The van der Waals surface area contributed by atoms with Crippen LogP contribution < -0.4 is 5.32 Å². The van der Waals surface area contributed by atoms with E-state index in [1.165, 1.54) is 0 Å². The van der Waals surface area contributed by atoms with E-state index in [1.807, 2.05) is 19.1 Å². The molecule has 2 rings (SSSR count). The Morgan fingerprint density at radius 2 is 2.36 bits per heavy atom. The second-order valence-electron chi connectivity index (χ2n) is 3.50. The van der Waals surface area contributed by atoms with E-state index in [1.54, 1.807) is 0 Å². The summed E-state index contributed by atoms with van der Waals surface area (Å²) in [6, 6.07) is 3.48. The minimum atomic E-state index is -0.795. The van der Waals surface area contributed by atoms with Crippen molar-refractivity contribution in [1.82, 2.24) is 0 Å². The average Bonchev–Trinajstić information content (AvgIpc) is 2.47. The maximum absolute atomic E-state index is 10.8. The molecule has 4 heteroatoms. The smallest absolute Gasteiger partial charge is 0.326 e. The summed E-state index contributed by atoms with van der Waals surface area (Å²) in [7, 11) is 0. The van der Waals surface area contributed by atoms with E-state index in [-0.39, 0.29) is 0 Å². The molecule has 0 saturated heterocycles. The number of benzene rings is 1. The molecule has 1 aliphatic rings. The van der Waals surface area contributed by atoms with Crippen LogP contribution >= 0.6 is 15.9 Å². The van der Waals surface area contributed by atoms with Crippen molar-refractivity contribution in [1.29, 1.82) is 0 Å². The molecule has 0 aliphatic carbocycles. The molecular formula is C10H10BrNO2. The van der Waals surface area contributed by atoms with E-state index in [0.717, 1.165) is 21.3 Å². The molecule has 0 aromatic heterocycles. The number of carboxylic acid groups (broad SMARTS) is 1. The lowest BCUT2D eigenvalue weighted by Gasteiger charge is -2.06. The van der Waals surface area contributed by atoms with Crippen molar-refractivity contribution in [2.24, 2.45) is 0 Å². The lowest BCUT2D eigenvalue weighted by atomic mass is 10.1. The zero-order chi connectivity index (χ0) is 10.3. The molecule has 1 heterocycles. The van der Waals surface area contributed by atoms with Gasteiger partial charge >= 0.3 is 5.97 Å². The molecule has 0 fully saturated rings. The third-order valence-electron chi connectivity index (χ3n) is 2.42. The predicted molar refractivity (Wildman–Crippen MR) is 57.6 cm³/mol. The number of aliphatic carboxylic acids is 1. The molecule has 0 saturated carbocycles. The fraction of sp³-hybridized carbons (Fsp3) is 0.300. The zero-order valence-corrected chi connectivity index (χ0v) is 9.26. The van der Waals surface area contributed by atoms with E-state index < -0.39 is 12.0 Å². The molecule has 0 spiro atoms. The van der Waals surface area contributed by atoms with Gasteiger partial charge in [0.05, 0.1) is 0 Å². The third kappa shape index (κ3) is 1.50. The van der Waals surface area contributed by atoms with Gasteiger partial charge in [-0.15, -0.1) is 0 Å². The topological polar surface area (TPSA) is 49.3 Å². The molecule has 2 N–H and O–H groups in total. The number of aryl methyl sites for hydroxylation is 1. The van der Waals surface area contributed by atoms with Crippen molar-refractivity contribution in [3.8, 4) is 0 Å². The van der Waals surface area contributed by atoms with Gasteiger partial charge in [0.1, 0.15) is 6.04 Å². The quantitative estimate of drug-likeness (QED) is 0.809. The first kappa shape index (κ1) is 9.52. The van der Waals surface area contributed by atoms with Crippen LogP contribution in [-0.4, -0.2) is 17.1 Å². The van der Waals surface area contributed by atoms with Gasteiger partial charge in [-0.1, -0.05) is 15.9 Å². The summed E-state index contributed by atoms with van der Waals surface area (Å²) in [4.78, 5) is 10.8. The zero-order valence-electron chi connectivity index (χ0n) is 7.67. The first-order valence-electron chi connectivity index (χ1n) is 4.36. The Bertz CT molecular complexity index is 403. The van der Waals surface area contributed by atoms with Crippen LogP contribution in [0.3, 0.4) is 0 Å². The highest BCUT2D eigenvalue weighted by molar-refractivity contribution is 9.10. The van der Waals surface area contributed by atoms with E-state index in [4.69, 9.17) is 5.11 Å². The molecule has 0 amide bonds. The molecule has 1 aromatic rings. The van der Waals surface area contributed by atoms with E-state index in [9.17, 15) is 4.79 Å². The summed E-state index contributed by atoms with van der Waals surface area (Å²) in [5, 5.41) is 11.9. The number of carbonyl (C=O) groups is 1. The number of hydrogen-bond donors (Lipinski definition) is 2. The van der Waals surface area contributed by atoms with Gasteiger partial charge < -0.3 is 10.4 Å². The average molecular weight is 256 g/mol. The molecule has 1 aromatic carbocycles. The highest BCUT2D eigenvalue weighted by Crippen LogP contribution is 2.32. The minimum absolute atomic E-state index is 0.474. The molecule has 1 aliphatic heterocycles. The van der Waals surface area contributed by atoms with Crippen molar-refractivity contribution in [3.05, 3.63) is 27.7 Å². The van der Waals surface area contributed by atoms with E-state index >= 15 is 0 Å². The normalized spacial score (nSPS) is 18.9. The van der Waals surface area contributed by atoms with Crippen molar-refractivity contribution in [2.75, 3.05) is 5.32 Å². The fourth-order valence-corrected chi connectivity index (χ4v) is 2.39. The summed E-state index contributed by atoms with van der Waals surface area (Å²) in [6.07, 6.45) is 0.560. The van der Waals surface area contributed by atoms with Crippen LogP contribution in [-0.2, 0) is 11.2 Å². The first-order valence-corrected chi connectivity index (χ1v) is 5.15. The summed E-state index contributed by atoms with van der Waals surface area (Å²) < 4.78 is 1.00. The number of carboxylic acids is 1. The van der Waals surface area contributed by atoms with Gasteiger partial charge in [-0.25, -0.2) is 4.79 Å². The Kier molecular flexibility index (Phi) is 2.23. The summed E-state index contributed by atoms with van der Waals surface area (Å²) >= 11 is 3.40. The first-order chi connectivity index (χ1) is 6.58. The summed E-state index contributed by atoms with van der Waals surface area (Å²) in [5.74, 6) is -0.795. The van der Waals surface area contributed by atoms with Crippen molar-refractivity contribution in [2.45, 2.75) is 19.4 Å². The van der Waals surface area contributed by atoms with Crippen LogP contribution in [0.1, 0.15) is 11.1 Å². The molecule has 3 nitrogen and oxygen atoms in total. The number of anilines is 1. The second-order valence-corrected chi connectivity index (χ2v) is 4.41. The van der Waals surface area contributed by atoms with Crippen LogP contribution in [0.25, 0.3) is 0 Å². The molecule has 14 heavy (non-hydrogen) atoms. The SMILES string of the molecule is Cc1cc(Br)cc2c1NC(C(=O)O)C2. The standard InChI is InChI=1S/C10H10BrNO2/c1-5-2-7(11)3-6-4-8(10(13)14)12-9(5)6/h2-3,8,12H,4H2,1H3,(H,13,14). The highest BCUT2D eigenvalue weighted by Gasteiger charge is 2.27. The van der Waals surface area contributed by atoms with Crippen LogP contribution in [0, 0.1) is 6.92 Å². The van der Waals surface area contributed by atoms with Gasteiger partial charge in [-0.05, 0) is 30.2 Å². The Morgan fingerprint density at radius 1 is 1.64 bits per heavy atom. The maximum atomic E-state index is 10.8. The van der Waals surface area contributed by atoms with E-state index in [2.05, 4.69) is 21.2 Å². The number of halogens is 1. The minimum Gasteiger partial charge on any atom is -0.480 e. The largest absolute Gasteiger partial charge is 0.480 e. The van der Waals surface area contributed by atoms with Crippen molar-refractivity contribution >= 4 is 27.6 Å². The van der Waals surface area contributed by atoms with Crippen LogP contribution in [0.4, 0.5) is 5.69 Å². The number of hydrogen-bond acceptors (Lipinski definition) is 2. The predicted octanol–water partition coefficient (Wildman–Crippen LogP) is 2.18. The molecule has 0 bridgehead atoms. The fourth-order valence-electron chi connectivity index (χ4n) is 1.77. The molecule has 1 unspecified atom stereocenters. The van der Waals surface area contributed by atoms with Gasteiger partial charge in [0.25, 0.3) is 0 Å². The molecule has 1 atom stereocenters. The van der Waals surface area contributed by atoms with Gasteiger partial charge in [0.2, 0.25) is 0 Å². The Balaban J connectivity index is 2.39. The lowest BCUT2D eigenvalue weighted by Crippen LogP contribution is -2.26. The Hall–Kier alpha value is -1.03. The summed E-state index contributed by atoms with van der Waals surface area (Å²) in [6.45, 7) is 1.97. The highest BCUT2D eigenvalue weighted by atomic mass is 79.9. The maximum Gasteiger partial charge on any atom is 0.326 e. The summed E-state index contributed by atoms with van der Waals surface area (Å²) in [5.41, 5.74) is 3.13. The van der Waals surface area contributed by atoms with Crippen molar-refractivity contribution in [3.63, 3.8) is 0 Å². The van der Waals surface area contributed by atoms with Crippen molar-refractivity contribution < 1.29 is 9.90 Å². The van der Waals surface area contributed by atoms with Crippen LogP contribution in [0.15, 0.2) is 16.6 Å². The second kappa shape index (κ2) is 3.28. The van der Waals surface area contributed by atoms with Gasteiger partial charge in [-0.3, -0.25) is 0 Å². The molecular weight excluding hydrogens is 246 g/mol. The van der Waals surface area contributed by atoms with Gasteiger partial charge in [-0.2, -0.15) is 0 Å². The van der Waals surface area contributed by atoms with E-state index in [0.29, 0.717) is 6.42 Å². The number of fused-ring (bicyclic) bond motifs is 1. The monoisotopic (exact) mass is 255 g/mol. The van der Waals surface area contributed by atoms with Gasteiger partial charge in [0.15, 0.2) is 0 Å². The lowest BCUT2D eigenvalue weighted by molar-refractivity contribution is -0.137. The third-order valence-corrected chi connectivity index (χ3v) is 2.88. The number of rotatable bonds is 1. The van der Waals surface area contributed by atoms with Crippen LogP contribution in [0.2, 0.25) is 0 Å². The molecule has 74 valence electrons. The Morgan fingerprint density at radius 3 is 3.00 bits per heavy atom.